The maximum atomic E-state index is 12.6. The third-order valence-electron chi connectivity index (χ3n) is 4.23. The number of nitrogens with zero attached hydrogens (tertiary/aromatic N) is 3. The summed E-state index contributed by atoms with van der Waals surface area (Å²) in [6, 6.07) is 2.59. The SMILES string of the molecule is CCOC(=O)[C@@H]1C(=O)NC(N2CCN(C=O)CC2)=N[C@@H]1c1ccco1. The summed E-state index contributed by atoms with van der Waals surface area (Å²) in [5.41, 5.74) is 0. The van der Waals surface area contributed by atoms with Gasteiger partial charge in [-0.05, 0) is 19.1 Å². The lowest BCUT2D eigenvalue weighted by atomic mass is 9.95. The summed E-state index contributed by atoms with van der Waals surface area (Å²) in [6.07, 6.45) is 2.28. The van der Waals surface area contributed by atoms with Crippen molar-refractivity contribution in [2.45, 2.75) is 13.0 Å². The van der Waals surface area contributed by atoms with Gasteiger partial charge >= 0.3 is 5.97 Å². The molecule has 2 aliphatic heterocycles. The molecule has 0 aliphatic carbocycles. The molecule has 1 aromatic heterocycles. The van der Waals surface area contributed by atoms with Crippen LogP contribution in [0.2, 0.25) is 0 Å². The van der Waals surface area contributed by atoms with Crippen LogP contribution in [0.4, 0.5) is 0 Å². The smallest absolute Gasteiger partial charge is 0.321 e. The predicted molar refractivity (Wildman–Crippen MR) is 86.4 cm³/mol. The molecule has 1 saturated heterocycles. The summed E-state index contributed by atoms with van der Waals surface area (Å²) < 4.78 is 10.4. The van der Waals surface area contributed by atoms with E-state index >= 15 is 0 Å². The Balaban J connectivity index is 1.86. The lowest BCUT2D eigenvalue weighted by Gasteiger charge is -2.37. The quantitative estimate of drug-likeness (QED) is 0.457. The molecule has 1 aromatic rings. The molecule has 9 nitrogen and oxygen atoms in total. The van der Waals surface area contributed by atoms with Crippen LogP contribution in [0.15, 0.2) is 27.8 Å². The van der Waals surface area contributed by atoms with Crippen molar-refractivity contribution in [3.05, 3.63) is 24.2 Å². The molecule has 0 radical (unpaired) electrons. The first kappa shape index (κ1) is 17.0. The first-order valence-electron chi connectivity index (χ1n) is 8.17. The van der Waals surface area contributed by atoms with Crippen molar-refractivity contribution in [3.63, 3.8) is 0 Å². The van der Waals surface area contributed by atoms with Crippen LogP contribution in [0.3, 0.4) is 0 Å². The van der Waals surface area contributed by atoms with Crippen LogP contribution >= 0.6 is 0 Å². The number of carbonyl (C=O) groups excluding carboxylic acids is 3. The van der Waals surface area contributed by atoms with Gasteiger partial charge in [0.1, 0.15) is 11.8 Å². The molecular weight excluding hydrogens is 328 g/mol. The third kappa shape index (κ3) is 3.49. The van der Waals surface area contributed by atoms with Crippen LogP contribution < -0.4 is 5.32 Å². The third-order valence-corrected chi connectivity index (χ3v) is 4.23. The minimum Gasteiger partial charge on any atom is -0.467 e. The van der Waals surface area contributed by atoms with E-state index in [-0.39, 0.29) is 6.61 Å². The molecule has 9 heteroatoms. The van der Waals surface area contributed by atoms with E-state index in [1.54, 1.807) is 24.0 Å². The first-order chi connectivity index (χ1) is 12.1. The number of carbonyl (C=O) groups is 3. The largest absolute Gasteiger partial charge is 0.467 e. The van der Waals surface area contributed by atoms with Crippen LogP contribution in [-0.2, 0) is 19.1 Å². The molecule has 0 unspecified atom stereocenters. The van der Waals surface area contributed by atoms with Gasteiger partial charge in [0.05, 0.1) is 12.9 Å². The number of aliphatic imine (C=N–C) groups is 1. The Bertz CT molecular complexity index is 664. The van der Waals surface area contributed by atoms with E-state index < -0.39 is 23.8 Å². The highest BCUT2D eigenvalue weighted by molar-refractivity contribution is 6.08. The second-order valence-electron chi connectivity index (χ2n) is 5.76. The van der Waals surface area contributed by atoms with Crippen LogP contribution in [0.25, 0.3) is 0 Å². The van der Waals surface area contributed by atoms with Crippen molar-refractivity contribution in [2.75, 3.05) is 32.8 Å². The van der Waals surface area contributed by atoms with Gasteiger partial charge in [0.25, 0.3) is 0 Å². The molecule has 0 bridgehead atoms. The number of hydrogen-bond acceptors (Lipinski definition) is 7. The number of guanidine groups is 1. The van der Waals surface area contributed by atoms with E-state index in [1.807, 2.05) is 4.90 Å². The van der Waals surface area contributed by atoms with Gasteiger partial charge in [-0.3, -0.25) is 19.7 Å². The van der Waals surface area contributed by atoms with Crippen LogP contribution in [-0.4, -0.2) is 66.8 Å². The molecule has 0 spiro atoms. The summed E-state index contributed by atoms with van der Waals surface area (Å²) in [7, 11) is 0. The van der Waals surface area contributed by atoms with Gasteiger partial charge in [-0.1, -0.05) is 0 Å². The van der Waals surface area contributed by atoms with Crippen molar-refractivity contribution >= 4 is 24.2 Å². The molecule has 0 saturated carbocycles. The fraction of sp³-hybridized carbons (Fsp3) is 0.500. The molecule has 2 aliphatic rings. The van der Waals surface area contributed by atoms with Gasteiger partial charge in [-0.2, -0.15) is 0 Å². The first-order valence-corrected chi connectivity index (χ1v) is 8.17. The van der Waals surface area contributed by atoms with E-state index in [4.69, 9.17) is 9.15 Å². The van der Waals surface area contributed by atoms with Gasteiger partial charge in [-0.15, -0.1) is 0 Å². The van der Waals surface area contributed by atoms with Crippen molar-refractivity contribution in [1.29, 1.82) is 0 Å². The van der Waals surface area contributed by atoms with Crippen LogP contribution in [0.1, 0.15) is 18.7 Å². The molecule has 3 heterocycles. The molecule has 25 heavy (non-hydrogen) atoms. The molecule has 0 aromatic carbocycles. The molecule has 1 fully saturated rings. The summed E-state index contributed by atoms with van der Waals surface area (Å²) in [6.45, 7) is 4.05. The molecule has 2 amide bonds. The zero-order valence-corrected chi connectivity index (χ0v) is 13.9. The Kier molecular flexibility index (Phi) is 5.01. The van der Waals surface area contributed by atoms with Gasteiger partial charge in [-0.25, -0.2) is 4.99 Å². The molecule has 1 N–H and O–H groups in total. The molecular formula is C16H20N4O5. The van der Waals surface area contributed by atoms with Gasteiger partial charge < -0.3 is 19.0 Å². The van der Waals surface area contributed by atoms with Gasteiger partial charge in [0.2, 0.25) is 18.3 Å². The van der Waals surface area contributed by atoms with Gasteiger partial charge in [0.15, 0.2) is 5.92 Å². The zero-order valence-electron chi connectivity index (χ0n) is 13.9. The van der Waals surface area contributed by atoms with Gasteiger partial charge in [0, 0.05) is 26.2 Å². The van der Waals surface area contributed by atoms with E-state index in [0.717, 1.165) is 6.41 Å². The minimum atomic E-state index is -1.09. The fourth-order valence-electron chi connectivity index (χ4n) is 2.93. The van der Waals surface area contributed by atoms with Crippen LogP contribution in [0, 0.1) is 5.92 Å². The highest BCUT2D eigenvalue weighted by Gasteiger charge is 2.43. The Morgan fingerprint density at radius 3 is 2.80 bits per heavy atom. The number of esters is 1. The van der Waals surface area contributed by atoms with Crippen LogP contribution in [0.5, 0.6) is 0 Å². The van der Waals surface area contributed by atoms with Crippen molar-refractivity contribution in [1.82, 2.24) is 15.1 Å². The molecule has 3 rings (SSSR count). The summed E-state index contributed by atoms with van der Waals surface area (Å²) in [4.78, 5) is 43.7. The van der Waals surface area contributed by atoms with E-state index in [0.29, 0.717) is 37.9 Å². The van der Waals surface area contributed by atoms with Crippen molar-refractivity contribution in [2.24, 2.45) is 10.9 Å². The highest BCUT2D eigenvalue weighted by Crippen LogP contribution is 2.31. The summed E-state index contributed by atoms with van der Waals surface area (Å²) >= 11 is 0. The summed E-state index contributed by atoms with van der Waals surface area (Å²) in [5.74, 6) is -1.38. The zero-order chi connectivity index (χ0) is 17.8. The number of ether oxygens (including phenoxy) is 1. The maximum Gasteiger partial charge on any atom is 0.321 e. The molecule has 2 atom stereocenters. The Hall–Kier alpha value is -2.84. The molecule has 134 valence electrons. The topological polar surface area (TPSA) is 104 Å². The standard InChI is InChI=1S/C16H20N4O5/c1-2-24-15(23)12-13(11-4-3-9-25-11)17-16(18-14(12)22)20-7-5-19(10-21)6-8-20/h3-4,9-10,12-13H,2,5-8H2,1H3,(H,17,18,22)/t12-,13+/m0/s1. The average molecular weight is 348 g/mol. The average Bonchev–Trinajstić information content (AvgIpc) is 3.16. The Morgan fingerprint density at radius 1 is 1.44 bits per heavy atom. The number of amides is 2. The lowest BCUT2D eigenvalue weighted by molar-refractivity contribution is -0.153. The maximum absolute atomic E-state index is 12.6. The highest BCUT2D eigenvalue weighted by atomic mass is 16.5. The normalized spacial score (nSPS) is 23.7. The predicted octanol–water partition coefficient (Wildman–Crippen LogP) is -0.240. The second-order valence-corrected chi connectivity index (χ2v) is 5.76. The van der Waals surface area contributed by atoms with E-state index in [1.165, 1.54) is 6.26 Å². The fourth-order valence-corrected chi connectivity index (χ4v) is 2.93. The van der Waals surface area contributed by atoms with Crippen molar-refractivity contribution in [3.8, 4) is 0 Å². The van der Waals surface area contributed by atoms with E-state index in [9.17, 15) is 14.4 Å². The number of rotatable bonds is 4. The number of furan rings is 1. The number of piperazine rings is 1. The number of hydrogen-bond donors (Lipinski definition) is 1. The van der Waals surface area contributed by atoms with Crippen molar-refractivity contribution < 1.29 is 23.5 Å². The number of nitrogens with one attached hydrogen (secondary N) is 1. The summed E-state index contributed by atoms with van der Waals surface area (Å²) in [5, 5.41) is 2.69. The minimum absolute atomic E-state index is 0.178. The Morgan fingerprint density at radius 2 is 2.20 bits per heavy atom. The lowest BCUT2D eigenvalue weighted by Crippen LogP contribution is -2.57. The van der Waals surface area contributed by atoms with E-state index in [2.05, 4.69) is 10.3 Å². The second kappa shape index (κ2) is 7.37. The monoisotopic (exact) mass is 348 g/mol. The Labute approximate surface area is 144 Å².